The normalized spacial score (nSPS) is 20.6. The molecule has 1 amide bonds. The first kappa shape index (κ1) is 25.3. The Hall–Kier alpha value is -3.31. The number of hydrogen-bond donors (Lipinski definition) is 0. The van der Waals surface area contributed by atoms with Crippen LogP contribution in [0.3, 0.4) is 0 Å². The maximum Gasteiger partial charge on any atom is 0.253 e. The average Bonchev–Trinajstić information content (AvgIpc) is 3.37. The van der Waals surface area contributed by atoms with Gasteiger partial charge >= 0.3 is 0 Å². The first-order valence-corrected chi connectivity index (χ1v) is 13.5. The van der Waals surface area contributed by atoms with Crippen LogP contribution < -0.4 is 9.47 Å². The number of hydrogen-bond acceptors (Lipinski definition) is 4. The van der Waals surface area contributed by atoms with Gasteiger partial charge in [0.25, 0.3) is 5.91 Å². The van der Waals surface area contributed by atoms with Gasteiger partial charge in [0.2, 0.25) is 0 Å². The van der Waals surface area contributed by atoms with Gasteiger partial charge in [-0.1, -0.05) is 48.5 Å². The van der Waals surface area contributed by atoms with Crippen molar-refractivity contribution in [1.29, 1.82) is 0 Å². The summed E-state index contributed by atoms with van der Waals surface area (Å²) in [5.41, 5.74) is 3.36. The molecule has 5 nitrogen and oxygen atoms in total. The summed E-state index contributed by atoms with van der Waals surface area (Å²) in [7, 11) is 3.38. The minimum atomic E-state index is 0.0895. The van der Waals surface area contributed by atoms with Crippen molar-refractivity contribution in [1.82, 2.24) is 9.80 Å². The van der Waals surface area contributed by atoms with Crippen molar-refractivity contribution in [2.75, 3.05) is 46.9 Å². The first-order chi connectivity index (χ1) is 18.1. The summed E-state index contributed by atoms with van der Waals surface area (Å²) in [4.78, 5) is 18.1. The minimum Gasteiger partial charge on any atom is -0.497 e. The highest BCUT2D eigenvalue weighted by atomic mass is 16.5. The lowest BCUT2D eigenvalue weighted by Crippen LogP contribution is -2.39. The molecule has 0 saturated carbocycles. The first-order valence-electron chi connectivity index (χ1n) is 13.5. The molecule has 0 aromatic heterocycles. The zero-order chi connectivity index (χ0) is 25.6. The van der Waals surface area contributed by atoms with E-state index in [2.05, 4.69) is 47.4 Å². The van der Waals surface area contributed by atoms with Crippen LogP contribution in [0.15, 0.2) is 78.9 Å². The molecule has 194 valence electrons. The number of methoxy groups -OCH3 is 2. The van der Waals surface area contributed by atoms with Crippen molar-refractivity contribution < 1.29 is 14.3 Å². The molecule has 2 saturated heterocycles. The number of likely N-dealkylation sites (tertiary alicyclic amines) is 2. The number of benzene rings is 3. The predicted octanol–water partition coefficient (Wildman–Crippen LogP) is 5.51. The molecule has 0 radical (unpaired) electrons. The zero-order valence-corrected chi connectivity index (χ0v) is 22.0. The number of amides is 1. The van der Waals surface area contributed by atoms with Crippen LogP contribution in [0.1, 0.15) is 40.2 Å². The summed E-state index contributed by atoms with van der Waals surface area (Å²) in [5.74, 6) is 3.13. The predicted molar refractivity (Wildman–Crippen MR) is 147 cm³/mol. The molecule has 0 unspecified atom stereocenters. The Morgan fingerprint density at radius 1 is 0.838 bits per heavy atom. The van der Waals surface area contributed by atoms with Gasteiger partial charge < -0.3 is 19.3 Å². The molecule has 0 N–H and O–H groups in total. The molecular formula is C32H38N2O3. The van der Waals surface area contributed by atoms with Gasteiger partial charge in [-0.25, -0.2) is 0 Å². The minimum absolute atomic E-state index is 0.0895. The van der Waals surface area contributed by atoms with Gasteiger partial charge in [0.1, 0.15) is 11.5 Å². The van der Waals surface area contributed by atoms with E-state index < -0.39 is 0 Å². The summed E-state index contributed by atoms with van der Waals surface area (Å²) < 4.78 is 11.0. The maximum atomic E-state index is 13.5. The number of nitrogens with zero attached hydrogens (tertiary/aromatic N) is 2. The lowest BCUT2D eigenvalue weighted by Gasteiger charge is -2.35. The van der Waals surface area contributed by atoms with E-state index in [1.54, 1.807) is 14.2 Å². The smallest absolute Gasteiger partial charge is 0.253 e. The second kappa shape index (κ2) is 11.8. The molecule has 2 atom stereocenters. The number of ether oxygens (including phenoxy) is 2. The van der Waals surface area contributed by atoms with Crippen LogP contribution in [-0.2, 0) is 6.42 Å². The van der Waals surface area contributed by atoms with Gasteiger partial charge in [-0.15, -0.1) is 0 Å². The lowest BCUT2D eigenvalue weighted by molar-refractivity contribution is 0.0780. The summed E-state index contributed by atoms with van der Waals surface area (Å²) >= 11 is 0. The SMILES string of the molecule is COc1ccc(C(=O)N2C[C@@H](CN3CCC(Cc4ccccc4)CC3)[C@@H](c3ccccc3OC)C2)cc1. The molecule has 0 bridgehead atoms. The van der Waals surface area contributed by atoms with Crippen LogP contribution in [0, 0.1) is 11.8 Å². The summed E-state index contributed by atoms with van der Waals surface area (Å²) in [6, 6.07) is 26.6. The molecule has 37 heavy (non-hydrogen) atoms. The van der Waals surface area contributed by atoms with E-state index in [0.717, 1.165) is 43.6 Å². The molecule has 2 heterocycles. The van der Waals surface area contributed by atoms with E-state index in [1.165, 1.54) is 30.4 Å². The Balaban J connectivity index is 1.28. The second-order valence-electron chi connectivity index (χ2n) is 10.5. The van der Waals surface area contributed by atoms with E-state index in [9.17, 15) is 4.79 Å². The third-order valence-corrected chi connectivity index (χ3v) is 8.17. The summed E-state index contributed by atoms with van der Waals surface area (Å²) in [6.07, 6.45) is 3.64. The second-order valence-corrected chi connectivity index (χ2v) is 10.5. The molecule has 2 aliphatic heterocycles. The third kappa shape index (κ3) is 5.99. The molecule has 2 aliphatic rings. The molecule has 0 spiro atoms. The van der Waals surface area contributed by atoms with E-state index in [-0.39, 0.29) is 11.8 Å². The fourth-order valence-corrected chi connectivity index (χ4v) is 6.12. The maximum absolute atomic E-state index is 13.5. The Bertz CT molecular complexity index is 1160. The Morgan fingerprint density at radius 2 is 1.54 bits per heavy atom. The topological polar surface area (TPSA) is 42.0 Å². The average molecular weight is 499 g/mol. The molecule has 3 aromatic carbocycles. The Kier molecular flexibility index (Phi) is 8.10. The van der Waals surface area contributed by atoms with Crippen LogP contribution in [0.4, 0.5) is 0 Å². The standard InChI is InChI=1S/C32H38N2O3/c1-36-28-14-12-26(13-15-28)32(35)34-22-27(30(23-34)29-10-6-7-11-31(29)37-2)21-33-18-16-25(17-19-33)20-24-8-4-3-5-9-24/h3-15,25,27,30H,16-23H2,1-2H3/t27-,30+/m1/s1. The molecule has 5 heteroatoms. The van der Waals surface area contributed by atoms with Crippen molar-refractivity contribution in [2.24, 2.45) is 11.8 Å². The zero-order valence-electron chi connectivity index (χ0n) is 22.0. The van der Waals surface area contributed by atoms with Crippen molar-refractivity contribution in [2.45, 2.75) is 25.2 Å². The van der Waals surface area contributed by atoms with E-state index in [1.807, 2.05) is 41.3 Å². The molecule has 3 aromatic rings. The number of carbonyl (C=O) groups is 1. The van der Waals surface area contributed by atoms with Crippen LogP contribution in [0.2, 0.25) is 0 Å². The lowest BCUT2D eigenvalue weighted by atomic mass is 9.86. The Labute approximate surface area is 221 Å². The van der Waals surface area contributed by atoms with Gasteiger partial charge in [-0.2, -0.15) is 0 Å². The highest BCUT2D eigenvalue weighted by Crippen LogP contribution is 2.39. The van der Waals surface area contributed by atoms with E-state index in [4.69, 9.17) is 9.47 Å². The van der Waals surface area contributed by atoms with Crippen molar-refractivity contribution in [3.63, 3.8) is 0 Å². The van der Waals surface area contributed by atoms with Crippen LogP contribution in [-0.4, -0.2) is 62.7 Å². The van der Waals surface area contributed by atoms with Crippen LogP contribution in [0.5, 0.6) is 11.5 Å². The van der Waals surface area contributed by atoms with Crippen molar-refractivity contribution in [3.8, 4) is 11.5 Å². The monoisotopic (exact) mass is 498 g/mol. The third-order valence-electron chi connectivity index (χ3n) is 8.17. The van der Waals surface area contributed by atoms with Gasteiger partial charge in [-0.3, -0.25) is 4.79 Å². The Morgan fingerprint density at radius 3 is 2.24 bits per heavy atom. The molecular weight excluding hydrogens is 460 g/mol. The number of carbonyl (C=O) groups excluding carboxylic acids is 1. The quantitative estimate of drug-likeness (QED) is 0.411. The molecule has 2 fully saturated rings. The van der Waals surface area contributed by atoms with Gasteiger partial charge in [0, 0.05) is 31.1 Å². The number of piperidine rings is 1. The van der Waals surface area contributed by atoms with Gasteiger partial charge in [0.05, 0.1) is 14.2 Å². The summed E-state index contributed by atoms with van der Waals surface area (Å²) in [5, 5.41) is 0. The van der Waals surface area contributed by atoms with Gasteiger partial charge in [0.15, 0.2) is 0 Å². The highest BCUT2D eigenvalue weighted by molar-refractivity contribution is 5.94. The van der Waals surface area contributed by atoms with Crippen LogP contribution in [0.25, 0.3) is 0 Å². The van der Waals surface area contributed by atoms with Crippen molar-refractivity contribution in [3.05, 3.63) is 95.6 Å². The molecule has 5 rings (SSSR count). The van der Waals surface area contributed by atoms with Crippen LogP contribution >= 0.6 is 0 Å². The highest BCUT2D eigenvalue weighted by Gasteiger charge is 2.39. The van der Waals surface area contributed by atoms with E-state index >= 15 is 0 Å². The number of para-hydroxylation sites is 1. The van der Waals surface area contributed by atoms with E-state index in [0.29, 0.717) is 18.0 Å². The molecule has 0 aliphatic carbocycles. The van der Waals surface area contributed by atoms with Gasteiger partial charge in [-0.05, 0) is 85.6 Å². The number of rotatable bonds is 8. The largest absolute Gasteiger partial charge is 0.497 e. The fraction of sp³-hybridized carbons (Fsp3) is 0.406. The van der Waals surface area contributed by atoms with Crippen molar-refractivity contribution >= 4 is 5.91 Å². The summed E-state index contributed by atoms with van der Waals surface area (Å²) in [6.45, 7) is 4.73. The fourth-order valence-electron chi connectivity index (χ4n) is 6.12.